The van der Waals surface area contributed by atoms with Gasteiger partial charge in [-0.05, 0) is 25.2 Å². The Morgan fingerprint density at radius 1 is 1.62 bits per heavy atom. The fourth-order valence-corrected chi connectivity index (χ4v) is 2.12. The van der Waals surface area contributed by atoms with Gasteiger partial charge in [-0.3, -0.25) is 0 Å². The lowest BCUT2D eigenvalue weighted by molar-refractivity contribution is 0.423. The smallest absolute Gasteiger partial charge is 0.124 e. The summed E-state index contributed by atoms with van der Waals surface area (Å²) in [7, 11) is 0. The second kappa shape index (κ2) is 4.87. The molecule has 0 radical (unpaired) electrons. The predicted molar refractivity (Wildman–Crippen MR) is 66.6 cm³/mol. The van der Waals surface area contributed by atoms with Crippen LogP contribution in [0.5, 0.6) is 0 Å². The van der Waals surface area contributed by atoms with E-state index < -0.39 is 0 Å². The van der Waals surface area contributed by atoms with Crippen molar-refractivity contribution in [1.29, 1.82) is 0 Å². The summed E-state index contributed by atoms with van der Waals surface area (Å²) in [4.78, 5) is 0. The van der Waals surface area contributed by atoms with Crippen molar-refractivity contribution in [3.8, 4) is 0 Å². The molecule has 4 nitrogen and oxygen atoms in total. The summed E-state index contributed by atoms with van der Waals surface area (Å²) in [6.07, 6.45) is 3.34. The maximum absolute atomic E-state index is 5.76. The van der Waals surface area contributed by atoms with Crippen LogP contribution in [0, 0.1) is 5.92 Å². The molecule has 1 unspecified atom stereocenters. The topological polar surface area (TPSA) is 55.9 Å². The monoisotopic (exact) mass is 222 g/mol. The molecular weight excluding hydrogens is 200 g/mol. The normalized spacial score (nSPS) is 19.6. The van der Waals surface area contributed by atoms with Gasteiger partial charge in [0.1, 0.15) is 5.82 Å². The first-order valence-electron chi connectivity index (χ1n) is 6.23. The molecule has 1 aliphatic rings. The van der Waals surface area contributed by atoms with Crippen molar-refractivity contribution in [1.82, 2.24) is 9.78 Å². The van der Waals surface area contributed by atoms with Crippen LogP contribution in [0.25, 0.3) is 0 Å². The van der Waals surface area contributed by atoms with Crippen LogP contribution in [0.2, 0.25) is 0 Å². The molecule has 1 aromatic rings. The van der Waals surface area contributed by atoms with Gasteiger partial charge in [-0.25, -0.2) is 4.68 Å². The lowest BCUT2D eigenvalue weighted by atomic mass is 10.1. The van der Waals surface area contributed by atoms with Crippen LogP contribution < -0.4 is 11.1 Å². The van der Waals surface area contributed by atoms with Gasteiger partial charge in [-0.15, -0.1) is 0 Å². The summed E-state index contributed by atoms with van der Waals surface area (Å²) in [6.45, 7) is 6.19. The molecule has 0 saturated heterocycles. The van der Waals surface area contributed by atoms with Gasteiger partial charge in [-0.2, -0.15) is 5.10 Å². The molecule has 90 valence electrons. The molecular formula is C12H22N4. The van der Waals surface area contributed by atoms with Gasteiger partial charge in [0.25, 0.3) is 0 Å². The number of hydrogen-bond acceptors (Lipinski definition) is 3. The summed E-state index contributed by atoms with van der Waals surface area (Å²) >= 11 is 0. The van der Waals surface area contributed by atoms with Crippen LogP contribution in [-0.2, 0) is 6.42 Å². The highest BCUT2D eigenvalue weighted by molar-refractivity contribution is 5.39. The maximum Gasteiger partial charge on any atom is 0.124 e. The van der Waals surface area contributed by atoms with Crippen LogP contribution >= 0.6 is 0 Å². The zero-order chi connectivity index (χ0) is 11.5. The van der Waals surface area contributed by atoms with Crippen molar-refractivity contribution in [3.63, 3.8) is 0 Å². The number of aryl methyl sites for hydroxylation is 1. The molecule has 0 spiro atoms. The minimum Gasteiger partial charge on any atom is -0.370 e. The zero-order valence-electron chi connectivity index (χ0n) is 10.2. The fourth-order valence-electron chi connectivity index (χ4n) is 2.12. The average molecular weight is 222 g/mol. The third-order valence-corrected chi connectivity index (χ3v) is 3.17. The van der Waals surface area contributed by atoms with Crippen molar-refractivity contribution in [2.45, 2.75) is 39.2 Å². The largest absolute Gasteiger partial charge is 0.370 e. The third-order valence-electron chi connectivity index (χ3n) is 3.17. The third kappa shape index (κ3) is 2.38. The number of anilines is 1. The molecule has 1 aromatic heterocycles. The summed E-state index contributed by atoms with van der Waals surface area (Å²) in [6, 6.07) is 2.55. The Morgan fingerprint density at radius 2 is 2.44 bits per heavy atom. The van der Waals surface area contributed by atoms with Crippen molar-refractivity contribution < 1.29 is 0 Å². The highest BCUT2D eigenvalue weighted by Gasteiger charge is 2.19. The van der Waals surface area contributed by atoms with Gasteiger partial charge in [0.2, 0.25) is 0 Å². The first kappa shape index (κ1) is 11.5. The first-order valence-corrected chi connectivity index (χ1v) is 6.23. The second-order valence-corrected chi connectivity index (χ2v) is 5.00. The van der Waals surface area contributed by atoms with E-state index in [1.165, 1.54) is 12.1 Å². The van der Waals surface area contributed by atoms with E-state index in [0.29, 0.717) is 12.6 Å². The molecule has 16 heavy (non-hydrogen) atoms. The van der Waals surface area contributed by atoms with Crippen molar-refractivity contribution in [2.24, 2.45) is 11.7 Å². The molecule has 4 heteroatoms. The van der Waals surface area contributed by atoms with E-state index in [9.17, 15) is 0 Å². The minimum atomic E-state index is 0.379. The standard InChI is InChI=1S/C12H22N4/c1-9(2)3-4-10-7-12-14-6-5-11(8-13)16(12)15-10/h7,9,11,14H,3-6,8,13H2,1-2H3. The Morgan fingerprint density at radius 3 is 3.12 bits per heavy atom. The van der Waals surface area contributed by atoms with Gasteiger partial charge in [0, 0.05) is 19.2 Å². The van der Waals surface area contributed by atoms with E-state index in [4.69, 9.17) is 5.73 Å². The Bertz CT molecular complexity index is 343. The van der Waals surface area contributed by atoms with Crippen molar-refractivity contribution in [2.75, 3.05) is 18.4 Å². The summed E-state index contributed by atoms with van der Waals surface area (Å²) < 4.78 is 2.07. The fraction of sp³-hybridized carbons (Fsp3) is 0.750. The van der Waals surface area contributed by atoms with E-state index in [2.05, 4.69) is 35.0 Å². The summed E-state index contributed by atoms with van der Waals surface area (Å²) in [5.74, 6) is 1.87. The molecule has 2 rings (SSSR count). The minimum absolute atomic E-state index is 0.379. The quantitative estimate of drug-likeness (QED) is 0.816. The van der Waals surface area contributed by atoms with E-state index in [1.807, 2.05) is 0 Å². The van der Waals surface area contributed by atoms with Crippen molar-refractivity contribution in [3.05, 3.63) is 11.8 Å². The number of nitrogens with two attached hydrogens (primary N) is 1. The molecule has 0 fully saturated rings. The molecule has 1 atom stereocenters. The predicted octanol–water partition coefficient (Wildman–Crippen LogP) is 1.79. The lowest BCUT2D eigenvalue weighted by Crippen LogP contribution is -2.28. The molecule has 0 aliphatic carbocycles. The van der Waals surface area contributed by atoms with Crippen LogP contribution in [0.1, 0.15) is 38.4 Å². The summed E-state index contributed by atoms with van der Waals surface area (Å²) in [5, 5.41) is 8.03. The van der Waals surface area contributed by atoms with Gasteiger partial charge < -0.3 is 11.1 Å². The zero-order valence-corrected chi connectivity index (χ0v) is 10.2. The number of nitrogens with one attached hydrogen (secondary N) is 1. The Labute approximate surface area is 97.2 Å². The van der Waals surface area contributed by atoms with Crippen LogP contribution in [-0.4, -0.2) is 22.9 Å². The first-order chi connectivity index (χ1) is 7.70. The van der Waals surface area contributed by atoms with Gasteiger partial charge in [-0.1, -0.05) is 13.8 Å². The highest BCUT2D eigenvalue weighted by Crippen LogP contribution is 2.24. The Balaban J connectivity index is 2.09. The molecule has 0 saturated carbocycles. The Kier molecular flexibility index (Phi) is 3.49. The summed E-state index contributed by atoms with van der Waals surface area (Å²) in [5.41, 5.74) is 6.95. The van der Waals surface area contributed by atoms with Crippen LogP contribution in [0.4, 0.5) is 5.82 Å². The number of aromatic nitrogens is 2. The molecule has 1 aliphatic heterocycles. The van der Waals surface area contributed by atoms with Gasteiger partial charge in [0.15, 0.2) is 0 Å². The number of hydrogen-bond donors (Lipinski definition) is 2. The average Bonchev–Trinajstić information content (AvgIpc) is 2.68. The molecule has 0 amide bonds. The maximum atomic E-state index is 5.76. The molecule has 2 heterocycles. The highest BCUT2D eigenvalue weighted by atomic mass is 15.4. The Hall–Kier alpha value is -1.03. The molecule has 3 N–H and O–H groups in total. The number of fused-ring (bicyclic) bond motifs is 1. The van der Waals surface area contributed by atoms with Crippen molar-refractivity contribution >= 4 is 5.82 Å². The molecule has 0 bridgehead atoms. The lowest BCUT2D eigenvalue weighted by Gasteiger charge is -2.24. The number of rotatable bonds is 4. The molecule has 0 aromatic carbocycles. The SMILES string of the molecule is CC(C)CCc1cc2n(n1)C(CN)CCN2. The van der Waals surface area contributed by atoms with E-state index in [-0.39, 0.29) is 0 Å². The van der Waals surface area contributed by atoms with Crippen LogP contribution in [0.15, 0.2) is 6.07 Å². The van der Waals surface area contributed by atoms with E-state index >= 15 is 0 Å². The van der Waals surface area contributed by atoms with Gasteiger partial charge >= 0.3 is 0 Å². The van der Waals surface area contributed by atoms with Crippen LogP contribution in [0.3, 0.4) is 0 Å². The van der Waals surface area contributed by atoms with Gasteiger partial charge in [0.05, 0.1) is 11.7 Å². The van der Waals surface area contributed by atoms with E-state index in [1.54, 1.807) is 0 Å². The van der Waals surface area contributed by atoms with E-state index in [0.717, 1.165) is 31.1 Å². The second-order valence-electron chi connectivity index (χ2n) is 5.00. The number of nitrogens with zero attached hydrogens (tertiary/aromatic N) is 2.